The van der Waals surface area contributed by atoms with Crippen LogP contribution in [0.5, 0.6) is 0 Å². The Hall–Kier alpha value is -2.71. The summed E-state index contributed by atoms with van der Waals surface area (Å²) in [5.74, 6) is 1.51. The summed E-state index contributed by atoms with van der Waals surface area (Å²) < 4.78 is 2.27. The first-order valence-corrected chi connectivity index (χ1v) is 12.5. The van der Waals surface area contributed by atoms with E-state index in [4.69, 9.17) is 20.7 Å². The van der Waals surface area contributed by atoms with Crippen LogP contribution in [0.4, 0.5) is 11.8 Å². The van der Waals surface area contributed by atoms with Gasteiger partial charge in [-0.05, 0) is 44.1 Å². The third kappa shape index (κ3) is 5.45. The predicted molar refractivity (Wildman–Crippen MR) is 133 cm³/mol. The van der Waals surface area contributed by atoms with Crippen molar-refractivity contribution in [1.82, 2.24) is 24.8 Å². The van der Waals surface area contributed by atoms with Crippen molar-refractivity contribution in [1.29, 1.82) is 0 Å². The first-order chi connectivity index (χ1) is 16.3. The van der Waals surface area contributed by atoms with Crippen molar-refractivity contribution in [3.05, 3.63) is 42.2 Å². The van der Waals surface area contributed by atoms with Crippen molar-refractivity contribution in [3.8, 4) is 0 Å². The van der Waals surface area contributed by atoms with Crippen molar-refractivity contribution in [2.24, 2.45) is 5.73 Å². The minimum atomic E-state index is 0.330. The average Bonchev–Trinajstić information content (AvgIpc) is 3.51. The molecule has 2 saturated carbocycles. The Labute approximate surface area is 195 Å². The molecule has 2 aliphatic carbocycles. The summed E-state index contributed by atoms with van der Waals surface area (Å²) in [6.07, 6.45) is 11.2. The molecule has 8 heteroatoms. The maximum Gasteiger partial charge on any atom is 0.227 e. The molecule has 0 bridgehead atoms. The molecule has 0 atom stereocenters. The van der Waals surface area contributed by atoms with Gasteiger partial charge in [0.05, 0.1) is 6.33 Å². The molecule has 0 unspecified atom stereocenters. The fraction of sp³-hybridized carbons (Fsp3) is 0.560. The van der Waals surface area contributed by atoms with Crippen LogP contribution in [0, 0.1) is 0 Å². The predicted octanol–water partition coefficient (Wildman–Crippen LogP) is 3.82. The molecule has 33 heavy (non-hydrogen) atoms. The minimum absolute atomic E-state index is 0.330. The Morgan fingerprint density at radius 2 is 1.73 bits per heavy atom. The summed E-state index contributed by atoms with van der Waals surface area (Å²) in [6.45, 7) is 2.47. The molecule has 2 fully saturated rings. The van der Waals surface area contributed by atoms with Crippen LogP contribution in [0.1, 0.15) is 63.0 Å². The Bertz CT molecular complexity index is 1020. The first-order valence-electron chi connectivity index (χ1n) is 12.5. The lowest BCUT2D eigenvalue weighted by atomic mass is 9.92. The topological polar surface area (TPSA) is 106 Å². The van der Waals surface area contributed by atoms with Crippen molar-refractivity contribution in [2.45, 2.75) is 76.0 Å². The van der Waals surface area contributed by atoms with Gasteiger partial charge in [-0.2, -0.15) is 9.97 Å². The van der Waals surface area contributed by atoms with Crippen LogP contribution >= 0.6 is 0 Å². The van der Waals surface area contributed by atoms with Gasteiger partial charge in [0.1, 0.15) is 0 Å². The molecule has 5 rings (SSSR count). The average molecular weight is 449 g/mol. The van der Waals surface area contributed by atoms with Crippen molar-refractivity contribution < 1.29 is 0 Å². The normalized spacial score (nSPS) is 21.5. The fourth-order valence-corrected chi connectivity index (χ4v) is 5.10. The number of fused-ring (bicyclic) bond motifs is 1. The molecule has 2 aliphatic rings. The molecule has 3 aromatic rings. The number of nitrogens with one attached hydrogen (secondary N) is 3. The van der Waals surface area contributed by atoms with E-state index in [1.54, 1.807) is 0 Å². The third-order valence-corrected chi connectivity index (χ3v) is 7.01. The van der Waals surface area contributed by atoms with E-state index in [9.17, 15) is 0 Å². The van der Waals surface area contributed by atoms with Gasteiger partial charge in [-0.3, -0.25) is 0 Å². The number of nitrogens with zero attached hydrogens (tertiary/aromatic N) is 4. The molecule has 0 spiro atoms. The van der Waals surface area contributed by atoms with E-state index in [0.29, 0.717) is 24.1 Å². The standard InChI is InChI=1S/C25H36N8/c26-19-10-12-20(13-11-19)30-25-31-23(28-15-14-27-16-18-6-2-1-3-7-18)22-24(32-25)33(17-29-22)21-8-4-5-9-21/h1-3,6-7,17,19-21,27H,4-5,8-16,26H2,(H2,28,30,31,32)/t19-,20-. The maximum atomic E-state index is 6.09. The molecule has 8 nitrogen and oxygen atoms in total. The molecule has 2 aromatic heterocycles. The van der Waals surface area contributed by atoms with E-state index in [0.717, 1.165) is 62.3 Å². The van der Waals surface area contributed by atoms with Crippen LogP contribution in [0.25, 0.3) is 11.2 Å². The number of nitrogens with two attached hydrogens (primary N) is 1. The number of imidazole rings is 1. The molecular formula is C25H36N8. The zero-order valence-corrected chi connectivity index (χ0v) is 19.3. The number of hydrogen-bond donors (Lipinski definition) is 4. The van der Waals surface area contributed by atoms with E-state index in [2.05, 4.69) is 44.8 Å². The van der Waals surface area contributed by atoms with Crippen LogP contribution in [0.3, 0.4) is 0 Å². The number of aromatic nitrogens is 4. The molecule has 5 N–H and O–H groups in total. The summed E-state index contributed by atoms with van der Waals surface area (Å²) in [5.41, 5.74) is 9.18. The summed E-state index contributed by atoms with van der Waals surface area (Å²) in [6, 6.07) is 11.7. The highest BCUT2D eigenvalue weighted by Gasteiger charge is 2.23. The van der Waals surface area contributed by atoms with Gasteiger partial charge in [-0.1, -0.05) is 43.2 Å². The monoisotopic (exact) mass is 448 g/mol. The van der Waals surface area contributed by atoms with Gasteiger partial charge in [-0.25, -0.2) is 4.98 Å². The van der Waals surface area contributed by atoms with Crippen molar-refractivity contribution >= 4 is 22.9 Å². The van der Waals surface area contributed by atoms with E-state index in [1.807, 2.05) is 12.4 Å². The lowest BCUT2D eigenvalue weighted by Crippen LogP contribution is -2.33. The van der Waals surface area contributed by atoms with Gasteiger partial charge >= 0.3 is 0 Å². The Morgan fingerprint density at radius 1 is 0.939 bits per heavy atom. The Morgan fingerprint density at radius 3 is 2.52 bits per heavy atom. The fourth-order valence-electron chi connectivity index (χ4n) is 5.10. The minimum Gasteiger partial charge on any atom is -0.367 e. The molecular weight excluding hydrogens is 412 g/mol. The Balaban J connectivity index is 1.29. The van der Waals surface area contributed by atoms with E-state index in [-0.39, 0.29) is 0 Å². The smallest absolute Gasteiger partial charge is 0.227 e. The summed E-state index contributed by atoms with van der Waals surface area (Å²) in [4.78, 5) is 14.5. The zero-order chi connectivity index (χ0) is 22.5. The lowest BCUT2D eigenvalue weighted by molar-refractivity contribution is 0.410. The lowest BCUT2D eigenvalue weighted by Gasteiger charge is -2.27. The third-order valence-electron chi connectivity index (χ3n) is 7.01. The molecule has 0 radical (unpaired) electrons. The van der Waals surface area contributed by atoms with Crippen LogP contribution in [0.15, 0.2) is 36.7 Å². The summed E-state index contributed by atoms with van der Waals surface area (Å²) in [7, 11) is 0. The highest BCUT2D eigenvalue weighted by atomic mass is 15.2. The first kappa shape index (κ1) is 22.1. The second kappa shape index (κ2) is 10.5. The zero-order valence-electron chi connectivity index (χ0n) is 19.3. The van der Waals surface area contributed by atoms with Gasteiger partial charge in [0.2, 0.25) is 5.95 Å². The van der Waals surface area contributed by atoms with Crippen LogP contribution in [0.2, 0.25) is 0 Å². The van der Waals surface area contributed by atoms with Crippen molar-refractivity contribution in [3.63, 3.8) is 0 Å². The van der Waals surface area contributed by atoms with Crippen LogP contribution in [-0.4, -0.2) is 44.7 Å². The molecule has 1 aromatic carbocycles. The van der Waals surface area contributed by atoms with Gasteiger partial charge in [0.15, 0.2) is 17.0 Å². The van der Waals surface area contributed by atoms with E-state index < -0.39 is 0 Å². The molecule has 176 valence electrons. The van der Waals surface area contributed by atoms with Crippen molar-refractivity contribution in [2.75, 3.05) is 23.7 Å². The van der Waals surface area contributed by atoms with Gasteiger partial charge in [0.25, 0.3) is 0 Å². The largest absolute Gasteiger partial charge is 0.367 e. The Kier molecular flexibility index (Phi) is 7.02. The maximum absolute atomic E-state index is 6.09. The summed E-state index contributed by atoms with van der Waals surface area (Å²) >= 11 is 0. The molecule has 0 saturated heterocycles. The molecule has 0 aliphatic heterocycles. The molecule has 2 heterocycles. The van der Waals surface area contributed by atoms with Gasteiger partial charge in [-0.15, -0.1) is 0 Å². The molecule has 0 amide bonds. The highest BCUT2D eigenvalue weighted by Crippen LogP contribution is 2.33. The number of benzene rings is 1. The van der Waals surface area contributed by atoms with Gasteiger partial charge < -0.3 is 26.3 Å². The SMILES string of the molecule is N[C@H]1CC[C@H](Nc2nc(NCCNCc3ccccc3)c3ncn(C4CCCC4)c3n2)CC1. The van der Waals surface area contributed by atoms with E-state index in [1.165, 1.54) is 31.2 Å². The number of anilines is 2. The second-order valence-electron chi connectivity index (χ2n) is 9.50. The van der Waals surface area contributed by atoms with Crippen LogP contribution < -0.4 is 21.7 Å². The van der Waals surface area contributed by atoms with E-state index >= 15 is 0 Å². The van der Waals surface area contributed by atoms with Gasteiger partial charge in [0, 0.05) is 37.8 Å². The highest BCUT2D eigenvalue weighted by molar-refractivity contribution is 5.84. The number of hydrogen-bond acceptors (Lipinski definition) is 7. The number of rotatable bonds is 9. The summed E-state index contributed by atoms with van der Waals surface area (Å²) in [5, 5.41) is 10.6. The van der Waals surface area contributed by atoms with Crippen LogP contribution in [-0.2, 0) is 6.54 Å². The quantitative estimate of drug-likeness (QED) is 0.369. The second-order valence-corrected chi connectivity index (χ2v) is 9.50.